The first-order valence-corrected chi connectivity index (χ1v) is 22.2. The lowest BCUT2D eigenvalue weighted by Crippen LogP contribution is -2.20. The van der Waals surface area contributed by atoms with E-state index in [1.807, 2.05) is 0 Å². The van der Waals surface area contributed by atoms with Crippen LogP contribution in [0.15, 0.2) is 260 Å². The Balaban J connectivity index is 1.03. The molecule has 0 amide bonds. The van der Waals surface area contributed by atoms with E-state index in [4.69, 9.17) is 0 Å². The molecule has 0 radical (unpaired) electrons. The molecule has 0 saturated carbocycles. The summed E-state index contributed by atoms with van der Waals surface area (Å²) in [5, 5.41) is 0. The molecular formula is C61H50N2. The topological polar surface area (TPSA) is 6.48 Å². The lowest BCUT2D eigenvalue weighted by molar-refractivity contribution is 0.720. The van der Waals surface area contributed by atoms with Crippen molar-refractivity contribution in [3.8, 4) is 33.4 Å². The van der Waals surface area contributed by atoms with E-state index in [2.05, 4.69) is 259 Å². The van der Waals surface area contributed by atoms with Gasteiger partial charge in [0.15, 0.2) is 0 Å². The summed E-state index contributed by atoms with van der Waals surface area (Å²) >= 11 is 0. The van der Waals surface area contributed by atoms with Gasteiger partial charge in [-0.2, -0.15) is 0 Å². The van der Waals surface area contributed by atoms with Crippen LogP contribution < -0.4 is 9.80 Å². The third-order valence-corrected chi connectivity index (χ3v) is 12.4. The molecule has 304 valence electrons. The number of benzene rings is 8. The lowest BCUT2D eigenvalue weighted by Gasteiger charge is -2.33. The summed E-state index contributed by atoms with van der Waals surface area (Å²) in [5.74, 6) is 0.297. The molecule has 10 rings (SSSR count). The second-order valence-corrected chi connectivity index (χ2v) is 16.5. The molecule has 0 saturated heterocycles. The minimum absolute atomic E-state index is 0.297. The van der Waals surface area contributed by atoms with Crippen molar-refractivity contribution in [3.05, 3.63) is 265 Å². The van der Waals surface area contributed by atoms with Gasteiger partial charge in [-0.1, -0.05) is 183 Å². The third kappa shape index (κ3) is 8.37. The van der Waals surface area contributed by atoms with Crippen molar-refractivity contribution in [2.75, 3.05) is 9.80 Å². The maximum absolute atomic E-state index is 2.45. The number of hydrogen-bond acceptors (Lipinski definition) is 2. The van der Waals surface area contributed by atoms with Crippen LogP contribution >= 0.6 is 0 Å². The van der Waals surface area contributed by atoms with Gasteiger partial charge < -0.3 is 9.80 Å². The molecule has 2 aliphatic rings. The van der Waals surface area contributed by atoms with Gasteiger partial charge >= 0.3 is 0 Å². The zero-order chi connectivity index (χ0) is 42.4. The highest BCUT2D eigenvalue weighted by atomic mass is 15.2. The van der Waals surface area contributed by atoms with Crippen LogP contribution in [0.2, 0.25) is 0 Å². The van der Waals surface area contributed by atoms with E-state index in [1.54, 1.807) is 0 Å². The fraction of sp³-hybridized carbons (Fsp3) is 0.0820. The van der Waals surface area contributed by atoms with E-state index in [-0.39, 0.29) is 0 Å². The van der Waals surface area contributed by atoms with Crippen LogP contribution in [0.25, 0.3) is 39.0 Å². The van der Waals surface area contributed by atoms with Crippen molar-refractivity contribution in [2.45, 2.75) is 26.2 Å². The van der Waals surface area contributed by atoms with Gasteiger partial charge in [0.05, 0.1) is 5.69 Å². The summed E-state index contributed by atoms with van der Waals surface area (Å²) in [6.07, 6.45) is 12.5. The Labute approximate surface area is 372 Å². The summed E-state index contributed by atoms with van der Waals surface area (Å²) in [5.41, 5.74) is 19.7. The first-order chi connectivity index (χ1) is 31.2. The van der Waals surface area contributed by atoms with Gasteiger partial charge in [-0.3, -0.25) is 0 Å². The Morgan fingerprint density at radius 2 is 0.905 bits per heavy atom. The molecule has 0 fully saturated rings. The zero-order valence-electron chi connectivity index (χ0n) is 35.7. The molecule has 0 N–H and O–H groups in total. The Bertz CT molecular complexity index is 2960. The van der Waals surface area contributed by atoms with E-state index >= 15 is 0 Å². The van der Waals surface area contributed by atoms with E-state index < -0.39 is 0 Å². The Hall–Kier alpha value is -7.68. The molecule has 0 heterocycles. The molecule has 8 aromatic rings. The average molecular weight is 811 g/mol. The summed E-state index contributed by atoms with van der Waals surface area (Å²) in [6.45, 7) is 2.40. The summed E-state index contributed by atoms with van der Waals surface area (Å²) in [6, 6.07) is 78.7. The zero-order valence-corrected chi connectivity index (χ0v) is 35.7. The maximum atomic E-state index is 2.45. The predicted molar refractivity (Wildman–Crippen MR) is 268 cm³/mol. The highest BCUT2D eigenvalue weighted by molar-refractivity contribution is 5.89. The van der Waals surface area contributed by atoms with Crippen molar-refractivity contribution < 1.29 is 0 Å². The number of allylic oxidation sites excluding steroid dienone is 7. The smallest absolute Gasteiger partial charge is 0.0536 e. The minimum atomic E-state index is 0.297. The Morgan fingerprint density at radius 3 is 1.57 bits per heavy atom. The van der Waals surface area contributed by atoms with Crippen molar-refractivity contribution in [1.82, 2.24) is 0 Å². The fourth-order valence-corrected chi connectivity index (χ4v) is 9.32. The van der Waals surface area contributed by atoms with Crippen molar-refractivity contribution in [3.63, 3.8) is 0 Å². The fourth-order valence-electron chi connectivity index (χ4n) is 9.32. The van der Waals surface area contributed by atoms with Gasteiger partial charge in [0, 0.05) is 34.0 Å². The maximum Gasteiger partial charge on any atom is 0.0536 e. The number of para-hydroxylation sites is 3. The molecular weight excluding hydrogens is 761 g/mol. The van der Waals surface area contributed by atoms with Gasteiger partial charge in [0.25, 0.3) is 0 Å². The monoisotopic (exact) mass is 810 g/mol. The standard InChI is InChI=1S/C61H50N2/c1-45-42-52(58-32-14-16-34-60(58)62(53-27-10-4-11-28-53)55-39-36-48(37-40-55)46-20-6-2-7-21-46)38-41-57(45)59-33-15-17-35-61(59)63(54-29-12-5-13-30-54)56-31-19-26-51(44-56)50-25-18-24-49(43-50)47-22-8-3-9-23-47/h2-13,15-31,33-41,43-45H,14,32,42H2,1H3/t45-/m1/s1. The molecule has 0 aliphatic heterocycles. The molecule has 2 heteroatoms. The van der Waals surface area contributed by atoms with Gasteiger partial charge in [-0.25, -0.2) is 0 Å². The van der Waals surface area contributed by atoms with Crippen LogP contribution in [-0.2, 0) is 0 Å². The minimum Gasteiger partial charge on any atom is -0.310 e. The summed E-state index contributed by atoms with van der Waals surface area (Å²) in [4.78, 5) is 4.88. The van der Waals surface area contributed by atoms with E-state index in [9.17, 15) is 0 Å². The average Bonchev–Trinajstić information content (AvgIpc) is 3.36. The quantitative estimate of drug-likeness (QED) is 0.128. The predicted octanol–water partition coefficient (Wildman–Crippen LogP) is 16.9. The lowest BCUT2D eigenvalue weighted by atomic mass is 9.79. The van der Waals surface area contributed by atoms with Gasteiger partial charge in [0.1, 0.15) is 0 Å². The highest BCUT2D eigenvalue weighted by Crippen LogP contribution is 2.46. The molecule has 0 spiro atoms. The Morgan fingerprint density at radius 1 is 0.413 bits per heavy atom. The van der Waals surface area contributed by atoms with Crippen molar-refractivity contribution in [1.29, 1.82) is 0 Å². The molecule has 63 heavy (non-hydrogen) atoms. The van der Waals surface area contributed by atoms with Crippen LogP contribution in [0.3, 0.4) is 0 Å². The second kappa shape index (κ2) is 18.1. The second-order valence-electron chi connectivity index (χ2n) is 16.5. The van der Waals surface area contributed by atoms with Gasteiger partial charge in [-0.15, -0.1) is 0 Å². The van der Waals surface area contributed by atoms with Crippen LogP contribution in [0.5, 0.6) is 0 Å². The van der Waals surface area contributed by atoms with Gasteiger partial charge in [0.2, 0.25) is 0 Å². The first kappa shape index (κ1) is 39.5. The molecule has 2 aliphatic carbocycles. The van der Waals surface area contributed by atoms with Crippen molar-refractivity contribution in [2.24, 2.45) is 5.92 Å². The Kier molecular flexibility index (Phi) is 11.3. The molecule has 1 atom stereocenters. The summed E-state index contributed by atoms with van der Waals surface area (Å²) < 4.78 is 0. The molecule has 0 unspecified atom stereocenters. The normalized spacial score (nSPS) is 14.8. The first-order valence-electron chi connectivity index (χ1n) is 22.2. The van der Waals surface area contributed by atoms with Crippen LogP contribution in [0.1, 0.15) is 31.7 Å². The molecule has 0 aromatic heterocycles. The largest absolute Gasteiger partial charge is 0.310 e. The number of rotatable bonds is 11. The van der Waals surface area contributed by atoms with Crippen LogP contribution in [-0.4, -0.2) is 0 Å². The SMILES string of the molecule is C[C@@H]1CC(C2=C(N(c3ccccc3)c3ccc(-c4ccccc4)cc3)C=CCC2)=CC=C1c1ccccc1N(c1ccccc1)c1cccc(-c2cccc(-c3ccccc3)c2)c1. The van der Waals surface area contributed by atoms with E-state index in [0.717, 1.165) is 42.0 Å². The third-order valence-electron chi connectivity index (χ3n) is 12.4. The summed E-state index contributed by atoms with van der Waals surface area (Å²) in [7, 11) is 0. The van der Waals surface area contributed by atoms with Gasteiger partial charge in [-0.05, 0) is 142 Å². The van der Waals surface area contributed by atoms with Crippen molar-refractivity contribution >= 4 is 34.0 Å². The molecule has 0 bridgehead atoms. The van der Waals surface area contributed by atoms with Crippen LogP contribution in [0.4, 0.5) is 28.4 Å². The van der Waals surface area contributed by atoms with E-state index in [0.29, 0.717) is 5.92 Å². The number of nitrogens with zero attached hydrogens (tertiary/aromatic N) is 2. The highest BCUT2D eigenvalue weighted by Gasteiger charge is 2.27. The van der Waals surface area contributed by atoms with Crippen LogP contribution in [0, 0.1) is 5.92 Å². The van der Waals surface area contributed by atoms with E-state index in [1.165, 1.54) is 67.0 Å². The number of anilines is 5. The molecule has 2 nitrogen and oxygen atoms in total. The molecule has 8 aromatic carbocycles. The number of hydrogen-bond donors (Lipinski definition) is 0.